The average molecular weight is 332 g/mol. The topological polar surface area (TPSA) is 58.2 Å². The van der Waals surface area contributed by atoms with E-state index in [1.165, 1.54) is 16.7 Å². The van der Waals surface area contributed by atoms with Crippen molar-refractivity contribution >= 4 is 15.7 Å². The van der Waals surface area contributed by atoms with Crippen LogP contribution in [0.4, 0.5) is 5.69 Å². The van der Waals surface area contributed by atoms with Crippen molar-refractivity contribution in [3.63, 3.8) is 0 Å². The summed E-state index contributed by atoms with van der Waals surface area (Å²) in [6.45, 7) is 7.11. The van der Waals surface area contributed by atoms with Gasteiger partial charge in [-0.05, 0) is 44.0 Å². The van der Waals surface area contributed by atoms with Crippen LogP contribution in [0.1, 0.15) is 35.2 Å². The largest absolute Gasteiger partial charge is 0.306 e. The molecule has 0 saturated heterocycles. The molecule has 2 aromatic carbocycles. The molecule has 2 rings (SSSR count). The molecule has 0 saturated carbocycles. The van der Waals surface area contributed by atoms with Gasteiger partial charge < -0.3 is 5.32 Å². The minimum absolute atomic E-state index is 0.183. The number of hydrogen-bond acceptors (Lipinski definition) is 3. The zero-order valence-corrected chi connectivity index (χ0v) is 14.9. The Morgan fingerprint density at radius 3 is 2.09 bits per heavy atom. The van der Waals surface area contributed by atoms with Crippen molar-refractivity contribution in [1.29, 1.82) is 0 Å². The Bertz CT molecular complexity index is 748. The van der Waals surface area contributed by atoms with Gasteiger partial charge in [0.05, 0.1) is 6.26 Å². The summed E-state index contributed by atoms with van der Waals surface area (Å²) in [7, 11) is -3.23. The Kier molecular flexibility index (Phi) is 5.44. The van der Waals surface area contributed by atoms with Crippen LogP contribution in [-0.4, -0.2) is 14.7 Å². The number of anilines is 1. The summed E-state index contributed by atoms with van der Waals surface area (Å²) in [6, 6.07) is 14.2. The predicted octanol–water partition coefficient (Wildman–Crippen LogP) is 3.53. The van der Waals surface area contributed by atoms with Crippen molar-refractivity contribution < 1.29 is 8.42 Å². The van der Waals surface area contributed by atoms with Gasteiger partial charge in [-0.3, -0.25) is 4.72 Å². The van der Waals surface area contributed by atoms with Gasteiger partial charge in [-0.2, -0.15) is 0 Å². The number of aryl methyl sites for hydroxylation is 2. The second-order valence-corrected chi connectivity index (χ2v) is 7.84. The van der Waals surface area contributed by atoms with Crippen LogP contribution in [-0.2, 0) is 16.6 Å². The van der Waals surface area contributed by atoms with E-state index >= 15 is 0 Å². The number of benzene rings is 2. The first-order valence-electron chi connectivity index (χ1n) is 7.61. The van der Waals surface area contributed by atoms with Gasteiger partial charge in [-0.1, -0.05) is 41.5 Å². The van der Waals surface area contributed by atoms with E-state index < -0.39 is 10.0 Å². The molecule has 0 bridgehead atoms. The fourth-order valence-corrected chi connectivity index (χ4v) is 3.18. The molecule has 23 heavy (non-hydrogen) atoms. The van der Waals surface area contributed by atoms with E-state index in [0.717, 1.165) is 18.4 Å². The molecular weight excluding hydrogens is 308 g/mol. The van der Waals surface area contributed by atoms with Gasteiger partial charge in [-0.25, -0.2) is 8.42 Å². The lowest BCUT2D eigenvalue weighted by atomic mass is 10.1. The summed E-state index contributed by atoms with van der Waals surface area (Å²) in [6.07, 6.45) is 1.15. The highest BCUT2D eigenvalue weighted by molar-refractivity contribution is 7.92. The van der Waals surface area contributed by atoms with Gasteiger partial charge in [-0.15, -0.1) is 0 Å². The first-order valence-corrected chi connectivity index (χ1v) is 9.50. The Balaban J connectivity index is 1.99. The van der Waals surface area contributed by atoms with Crippen molar-refractivity contribution in [3.05, 3.63) is 64.7 Å². The maximum Gasteiger partial charge on any atom is 0.229 e. The third-order valence-electron chi connectivity index (χ3n) is 3.61. The Morgan fingerprint density at radius 2 is 1.57 bits per heavy atom. The highest BCUT2D eigenvalue weighted by Gasteiger charge is 2.07. The lowest BCUT2D eigenvalue weighted by molar-refractivity contribution is 0.574. The molecule has 0 amide bonds. The monoisotopic (exact) mass is 332 g/mol. The highest BCUT2D eigenvalue weighted by Crippen LogP contribution is 2.18. The molecule has 0 heterocycles. The molecule has 5 heteroatoms. The van der Waals surface area contributed by atoms with E-state index in [1.54, 1.807) is 12.1 Å². The molecular formula is C18H24N2O2S. The van der Waals surface area contributed by atoms with Gasteiger partial charge in [0.15, 0.2) is 0 Å². The smallest absolute Gasteiger partial charge is 0.229 e. The minimum atomic E-state index is -3.23. The van der Waals surface area contributed by atoms with Crippen LogP contribution in [0.15, 0.2) is 42.5 Å². The predicted molar refractivity (Wildman–Crippen MR) is 96.1 cm³/mol. The Hall–Kier alpha value is -1.85. The first kappa shape index (κ1) is 17.5. The molecule has 4 nitrogen and oxygen atoms in total. The third-order valence-corrected chi connectivity index (χ3v) is 4.21. The van der Waals surface area contributed by atoms with Crippen LogP contribution in [0, 0.1) is 13.8 Å². The summed E-state index contributed by atoms with van der Waals surface area (Å²) >= 11 is 0. The second-order valence-electron chi connectivity index (χ2n) is 6.09. The van der Waals surface area contributed by atoms with Gasteiger partial charge in [0.2, 0.25) is 10.0 Å². The molecule has 0 aliphatic rings. The lowest BCUT2D eigenvalue weighted by Crippen LogP contribution is -2.18. The van der Waals surface area contributed by atoms with Gasteiger partial charge in [0, 0.05) is 18.3 Å². The average Bonchev–Trinajstić information content (AvgIpc) is 2.43. The molecule has 0 spiro atoms. The Labute approximate surface area is 139 Å². The molecule has 0 radical (unpaired) electrons. The maximum atomic E-state index is 11.2. The fraction of sp³-hybridized carbons (Fsp3) is 0.333. The van der Waals surface area contributed by atoms with E-state index in [2.05, 4.69) is 49.0 Å². The number of sulfonamides is 1. The van der Waals surface area contributed by atoms with E-state index in [9.17, 15) is 8.42 Å². The summed E-state index contributed by atoms with van der Waals surface area (Å²) in [5.74, 6) is 0. The van der Waals surface area contributed by atoms with Crippen LogP contribution in [0.25, 0.3) is 0 Å². The molecule has 0 aromatic heterocycles. The SMILES string of the molecule is Cc1cc(C)cc(CNC(C)c2ccc(NS(C)(=O)=O)cc2)c1. The number of nitrogens with one attached hydrogen (secondary N) is 2. The quantitative estimate of drug-likeness (QED) is 0.851. The molecule has 0 aliphatic carbocycles. The van der Waals surface area contributed by atoms with Gasteiger partial charge in [0.1, 0.15) is 0 Å². The Morgan fingerprint density at radius 1 is 1.00 bits per heavy atom. The zero-order chi connectivity index (χ0) is 17.0. The van der Waals surface area contributed by atoms with E-state index in [1.807, 2.05) is 12.1 Å². The minimum Gasteiger partial charge on any atom is -0.306 e. The zero-order valence-electron chi connectivity index (χ0n) is 14.1. The molecule has 2 aromatic rings. The van der Waals surface area contributed by atoms with Gasteiger partial charge in [0.25, 0.3) is 0 Å². The summed E-state index contributed by atoms with van der Waals surface area (Å²) < 4.78 is 24.9. The summed E-state index contributed by atoms with van der Waals surface area (Å²) in [5.41, 5.74) is 5.51. The molecule has 0 fully saturated rings. The molecule has 1 atom stereocenters. The third kappa shape index (κ3) is 5.69. The molecule has 2 N–H and O–H groups in total. The van der Waals surface area contributed by atoms with Crippen molar-refractivity contribution in [2.24, 2.45) is 0 Å². The lowest BCUT2D eigenvalue weighted by Gasteiger charge is -2.15. The summed E-state index contributed by atoms with van der Waals surface area (Å²) in [4.78, 5) is 0. The van der Waals surface area contributed by atoms with Crippen LogP contribution in [0.3, 0.4) is 0 Å². The fourth-order valence-electron chi connectivity index (χ4n) is 2.61. The van der Waals surface area contributed by atoms with Crippen molar-refractivity contribution in [2.45, 2.75) is 33.4 Å². The van der Waals surface area contributed by atoms with Gasteiger partial charge >= 0.3 is 0 Å². The van der Waals surface area contributed by atoms with Crippen LogP contribution in [0.2, 0.25) is 0 Å². The van der Waals surface area contributed by atoms with Crippen molar-refractivity contribution in [1.82, 2.24) is 5.32 Å². The van der Waals surface area contributed by atoms with Crippen molar-refractivity contribution in [2.75, 3.05) is 11.0 Å². The highest BCUT2D eigenvalue weighted by atomic mass is 32.2. The van der Waals surface area contributed by atoms with E-state index in [4.69, 9.17) is 0 Å². The van der Waals surface area contributed by atoms with Crippen LogP contribution in [0.5, 0.6) is 0 Å². The molecule has 0 aliphatic heterocycles. The van der Waals surface area contributed by atoms with Crippen molar-refractivity contribution in [3.8, 4) is 0 Å². The van der Waals surface area contributed by atoms with Crippen LogP contribution < -0.4 is 10.0 Å². The standard InChI is InChI=1S/C18H24N2O2S/c1-13-9-14(2)11-16(10-13)12-19-15(3)17-5-7-18(8-6-17)20-23(4,21)22/h5-11,15,19-20H,12H2,1-4H3. The normalized spacial score (nSPS) is 12.9. The van der Waals surface area contributed by atoms with E-state index in [-0.39, 0.29) is 6.04 Å². The van der Waals surface area contributed by atoms with E-state index in [0.29, 0.717) is 5.69 Å². The summed E-state index contributed by atoms with van der Waals surface area (Å²) in [5, 5.41) is 3.50. The second kappa shape index (κ2) is 7.15. The maximum absolute atomic E-state index is 11.2. The number of rotatable bonds is 6. The first-order chi connectivity index (χ1) is 10.7. The number of hydrogen-bond donors (Lipinski definition) is 2. The molecule has 1 unspecified atom stereocenters. The molecule has 124 valence electrons. The van der Waals surface area contributed by atoms with Crippen LogP contribution >= 0.6 is 0 Å².